The summed E-state index contributed by atoms with van der Waals surface area (Å²) in [4.78, 5) is 28.1. The van der Waals surface area contributed by atoms with Crippen molar-refractivity contribution in [3.05, 3.63) is 29.8 Å². The standard InChI is InChI=1S/C23H32N4O4/c1-17(2)15-20(22(29)26-23(16-24)7-11-30-12-8-23)25-21(28)18-3-5-19(6-4-18)27-9-13-31-14-10-27/h3-6,17,20H,7-15H2,1-2H3,(H,25,28)(H,26,29). The van der Waals surface area contributed by atoms with Gasteiger partial charge >= 0.3 is 0 Å². The van der Waals surface area contributed by atoms with E-state index in [0.717, 1.165) is 18.8 Å². The maximum absolute atomic E-state index is 13.0. The lowest BCUT2D eigenvalue weighted by Crippen LogP contribution is -2.57. The number of ether oxygens (including phenoxy) is 2. The molecule has 1 aromatic carbocycles. The molecule has 1 atom stereocenters. The summed E-state index contributed by atoms with van der Waals surface area (Å²) in [6.07, 6.45) is 1.38. The molecule has 8 nitrogen and oxygen atoms in total. The number of nitriles is 1. The Morgan fingerprint density at radius 2 is 1.71 bits per heavy atom. The number of amides is 2. The van der Waals surface area contributed by atoms with Gasteiger partial charge in [-0.3, -0.25) is 9.59 Å². The first-order valence-electron chi connectivity index (χ1n) is 11.0. The third-order valence-corrected chi connectivity index (χ3v) is 5.76. The van der Waals surface area contributed by atoms with Crippen LogP contribution in [0.15, 0.2) is 24.3 Å². The van der Waals surface area contributed by atoms with Gasteiger partial charge in [0.25, 0.3) is 5.91 Å². The highest BCUT2D eigenvalue weighted by atomic mass is 16.5. The molecule has 8 heteroatoms. The largest absolute Gasteiger partial charge is 0.381 e. The van der Waals surface area contributed by atoms with Gasteiger partial charge < -0.3 is 25.0 Å². The number of rotatable bonds is 7. The minimum absolute atomic E-state index is 0.201. The molecule has 2 amide bonds. The highest BCUT2D eigenvalue weighted by molar-refractivity contribution is 5.98. The molecule has 2 fully saturated rings. The van der Waals surface area contributed by atoms with Crippen molar-refractivity contribution in [2.24, 2.45) is 5.92 Å². The molecule has 2 aliphatic heterocycles. The molecule has 0 saturated carbocycles. The van der Waals surface area contributed by atoms with Crippen LogP contribution in [0, 0.1) is 17.2 Å². The monoisotopic (exact) mass is 428 g/mol. The molecule has 1 unspecified atom stereocenters. The number of hydrogen-bond donors (Lipinski definition) is 2. The molecule has 168 valence electrons. The van der Waals surface area contributed by atoms with E-state index in [4.69, 9.17) is 9.47 Å². The Bertz CT molecular complexity index is 791. The van der Waals surface area contributed by atoms with Crippen molar-refractivity contribution >= 4 is 17.5 Å². The SMILES string of the molecule is CC(C)CC(NC(=O)c1ccc(N2CCOCC2)cc1)C(=O)NC1(C#N)CCOCC1. The Balaban J connectivity index is 1.66. The zero-order chi connectivity index (χ0) is 22.3. The van der Waals surface area contributed by atoms with E-state index in [-0.39, 0.29) is 17.7 Å². The fourth-order valence-corrected chi connectivity index (χ4v) is 3.90. The minimum atomic E-state index is -0.935. The summed E-state index contributed by atoms with van der Waals surface area (Å²) in [5.41, 5.74) is 0.612. The zero-order valence-corrected chi connectivity index (χ0v) is 18.4. The van der Waals surface area contributed by atoms with E-state index in [0.29, 0.717) is 51.3 Å². The van der Waals surface area contributed by atoms with Crippen molar-refractivity contribution in [1.82, 2.24) is 10.6 Å². The molecular weight excluding hydrogens is 396 g/mol. The van der Waals surface area contributed by atoms with E-state index < -0.39 is 11.6 Å². The van der Waals surface area contributed by atoms with Crippen molar-refractivity contribution < 1.29 is 19.1 Å². The van der Waals surface area contributed by atoms with Crippen LogP contribution in [0.4, 0.5) is 5.69 Å². The summed E-state index contributed by atoms with van der Waals surface area (Å²) in [6.45, 7) is 7.92. The number of nitrogens with zero attached hydrogens (tertiary/aromatic N) is 2. The molecule has 2 N–H and O–H groups in total. The number of anilines is 1. The summed E-state index contributed by atoms with van der Waals surface area (Å²) >= 11 is 0. The Morgan fingerprint density at radius 1 is 1.10 bits per heavy atom. The van der Waals surface area contributed by atoms with Gasteiger partial charge in [0.05, 0.1) is 19.3 Å². The Kier molecular flexibility index (Phi) is 7.88. The summed E-state index contributed by atoms with van der Waals surface area (Å²) in [6, 6.07) is 8.93. The maximum atomic E-state index is 13.0. The molecular formula is C23H32N4O4. The zero-order valence-electron chi connectivity index (χ0n) is 18.4. The van der Waals surface area contributed by atoms with Crippen LogP contribution in [-0.2, 0) is 14.3 Å². The summed E-state index contributed by atoms with van der Waals surface area (Å²) in [7, 11) is 0. The fourth-order valence-electron chi connectivity index (χ4n) is 3.90. The number of nitrogens with one attached hydrogen (secondary N) is 2. The number of carbonyl (C=O) groups is 2. The topological polar surface area (TPSA) is 104 Å². The number of benzene rings is 1. The second-order valence-electron chi connectivity index (χ2n) is 8.60. The number of hydrogen-bond acceptors (Lipinski definition) is 6. The van der Waals surface area contributed by atoms with Gasteiger partial charge in [0.1, 0.15) is 11.6 Å². The fraction of sp³-hybridized carbons (Fsp3) is 0.609. The van der Waals surface area contributed by atoms with Crippen LogP contribution in [0.25, 0.3) is 0 Å². The summed E-state index contributed by atoms with van der Waals surface area (Å²) in [5.74, 6) is -0.421. The molecule has 0 aromatic heterocycles. The molecule has 0 bridgehead atoms. The molecule has 0 spiro atoms. The average Bonchev–Trinajstić information content (AvgIpc) is 2.79. The molecule has 31 heavy (non-hydrogen) atoms. The van der Waals surface area contributed by atoms with Gasteiger partial charge in [-0.1, -0.05) is 13.8 Å². The average molecular weight is 429 g/mol. The first kappa shape index (κ1) is 23.0. The quantitative estimate of drug-likeness (QED) is 0.687. The molecule has 0 radical (unpaired) electrons. The van der Waals surface area contributed by atoms with E-state index in [2.05, 4.69) is 21.6 Å². The Hall–Kier alpha value is -2.63. The molecule has 2 aliphatic rings. The van der Waals surface area contributed by atoms with E-state index in [1.165, 1.54) is 0 Å². The van der Waals surface area contributed by atoms with E-state index in [1.807, 2.05) is 26.0 Å². The van der Waals surface area contributed by atoms with Crippen molar-refractivity contribution in [2.45, 2.75) is 44.7 Å². The lowest BCUT2D eigenvalue weighted by molar-refractivity contribution is -0.125. The predicted octanol–water partition coefficient (Wildman–Crippen LogP) is 1.86. The van der Waals surface area contributed by atoms with Crippen LogP contribution in [0.5, 0.6) is 0 Å². The summed E-state index contributed by atoms with van der Waals surface area (Å²) in [5, 5.41) is 15.4. The summed E-state index contributed by atoms with van der Waals surface area (Å²) < 4.78 is 10.7. The van der Waals surface area contributed by atoms with Gasteiger partial charge in [-0.15, -0.1) is 0 Å². The second kappa shape index (κ2) is 10.6. The molecule has 1 aromatic rings. The number of morpholine rings is 1. The second-order valence-corrected chi connectivity index (χ2v) is 8.60. The van der Waals surface area contributed by atoms with Gasteiger partial charge in [-0.2, -0.15) is 5.26 Å². The smallest absolute Gasteiger partial charge is 0.251 e. The van der Waals surface area contributed by atoms with Gasteiger partial charge in [0.15, 0.2) is 0 Å². The third-order valence-electron chi connectivity index (χ3n) is 5.76. The van der Waals surface area contributed by atoms with Gasteiger partial charge in [-0.25, -0.2) is 0 Å². The van der Waals surface area contributed by atoms with Crippen molar-refractivity contribution in [3.8, 4) is 6.07 Å². The van der Waals surface area contributed by atoms with Crippen LogP contribution in [0.1, 0.15) is 43.5 Å². The van der Waals surface area contributed by atoms with Crippen molar-refractivity contribution in [1.29, 1.82) is 5.26 Å². The van der Waals surface area contributed by atoms with Gasteiger partial charge in [0, 0.05) is 50.4 Å². The lowest BCUT2D eigenvalue weighted by atomic mass is 9.90. The van der Waals surface area contributed by atoms with E-state index in [1.54, 1.807) is 12.1 Å². The lowest BCUT2D eigenvalue weighted by Gasteiger charge is -2.33. The highest BCUT2D eigenvalue weighted by Gasteiger charge is 2.36. The first-order valence-corrected chi connectivity index (χ1v) is 11.0. The predicted molar refractivity (Wildman–Crippen MR) is 117 cm³/mol. The minimum Gasteiger partial charge on any atom is -0.381 e. The van der Waals surface area contributed by atoms with Crippen molar-refractivity contribution in [3.63, 3.8) is 0 Å². The molecule has 3 rings (SSSR count). The van der Waals surface area contributed by atoms with Gasteiger partial charge in [0.2, 0.25) is 5.91 Å². The van der Waals surface area contributed by atoms with E-state index in [9.17, 15) is 14.9 Å². The molecule has 0 aliphatic carbocycles. The molecule has 2 heterocycles. The van der Waals surface area contributed by atoms with Crippen LogP contribution < -0.4 is 15.5 Å². The number of carbonyl (C=O) groups excluding carboxylic acids is 2. The maximum Gasteiger partial charge on any atom is 0.251 e. The van der Waals surface area contributed by atoms with Crippen LogP contribution in [-0.4, -0.2) is 62.9 Å². The highest BCUT2D eigenvalue weighted by Crippen LogP contribution is 2.21. The molecule has 2 saturated heterocycles. The Labute approximate surface area is 183 Å². The van der Waals surface area contributed by atoms with Gasteiger partial charge in [-0.05, 0) is 36.6 Å². The Morgan fingerprint density at radius 3 is 2.29 bits per heavy atom. The van der Waals surface area contributed by atoms with Crippen LogP contribution >= 0.6 is 0 Å². The first-order chi connectivity index (χ1) is 14.9. The normalized spacial score (nSPS) is 19.4. The van der Waals surface area contributed by atoms with Crippen LogP contribution in [0.3, 0.4) is 0 Å². The third kappa shape index (κ3) is 6.18. The van der Waals surface area contributed by atoms with Crippen LogP contribution in [0.2, 0.25) is 0 Å². The van der Waals surface area contributed by atoms with E-state index >= 15 is 0 Å². The van der Waals surface area contributed by atoms with Crippen molar-refractivity contribution in [2.75, 3.05) is 44.4 Å².